The van der Waals surface area contributed by atoms with Crippen molar-refractivity contribution >= 4 is 17.7 Å². The Kier molecular flexibility index (Phi) is 4.37. The fourth-order valence-corrected chi connectivity index (χ4v) is 2.18. The van der Waals surface area contributed by atoms with Crippen molar-refractivity contribution in [2.75, 3.05) is 0 Å². The minimum absolute atomic E-state index is 0.0578. The highest BCUT2D eigenvalue weighted by molar-refractivity contribution is 5.81. The second-order valence-electron chi connectivity index (χ2n) is 5.00. The molecule has 3 rings (SSSR count). The first-order valence-electron chi connectivity index (χ1n) is 7.13. The Bertz CT molecular complexity index is 863. The van der Waals surface area contributed by atoms with Gasteiger partial charge in [0.2, 0.25) is 0 Å². The van der Waals surface area contributed by atoms with Crippen molar-refractivity contribution in [3.05, 3.63) is 66.1 Å². The number of nitrogens with one attached hydrogen (secondary N) is 1. The lowest BCUT2D eigenvalue weighted by molar-refractivity contribution is -0.139. The van der Waals surface area contributed by atoms with Crippen LogP contribution in [0.2, 0.25) is 0 Å². The molecule has 122 valence electrons. The first kappa shape index (κ1) is 15.5. The number of carboxylic acid groups (broad SMARTS) is 1. The third kappa shape index (κ3) is 3.49. The average Bonchev–Trinajstić information content (AvgIpc) is 3.06. The number of fused-ring (bicyclic) bond motifs is 1. The summed E-state index contributed by atoms with van der Waals surface area (Å²) in [5.41, 5.74) is 1.67. The van der Waals surface area contributed by atoms with E-state index in [2.05, 4.69) is 15.4 Å². The molecule has 2 heterocycles. The maximum absolute atomic E-state index is 11.9. The number of nitrogens with zero attached hydrogens (tertiary/aromatic N) is 3. The molecule has 8 heteroatoms. The minimum atomic E-state index is -1.24. The summed E-state index contributed by atoms with van der Waals surface area (Å²) in [6.45, 7) is 0.0578. The van der Waals surface area contributed by atoms with Gasteiger partial charge in [0, 0.05) is 6.20 Å². The number of hydrogen-bond acceptors (Lipinski definition) is 5. The molecule has 0 spiro atoms. The second-order valence-corrected chi connectivity index (χ2v) is 5.00. The Balaban J connectivity index is 1.69. The molecule has 0 bridgehead atoms. The summed E-state index contributed by atoms with van der Waals surface area (Å²) in [6, 6.07) is 11.0. The molecule has 0 fully saturated rings. The monoisotopic (exact) mass is 326 g/mol. The molecule has 1 atom stereocenters. The van der Waals surface area contributed by atoms with Gasteiger partial charge in [0.25, 0.3) is 0 Å². The highest BCUT2D eigenvalue weighted by atomic mass is 16.5. The quantitative estimate of drug-likeness (QED) is 0.740. The Morgan fingerprint density at radius 2 is 2.04 bits per heavy atom. The van der Waals surface area contributed by atoms with Gasteiger partial charge in [0.15, 0.2) is 11.7 Å². The number of aliphatic carboxylic acids is 1. The molecule has 1 unspecified atom stereocenters. The smallest absolute Gasteiger partial charge is 0.408 e. The summed E-state index contributed by atoms with van der Waals surface area (Å²) in [4.78, 5) is 27.4. The third-order valence-electron chi connectivity index (χ3n) is 3.36. The van der Waals surface area contributed by atoms with E-state index in [9.17, 15) is 14.7 Å². The number of ether oxygens (including phenoxy) is 1. The zero-order chi connectivity index (χ0) is 16.9. The van der Waals surface area contributed by atoms with Crippen LogP contribution < -0.4 is 5.32 Å². The van der Waals surface area contributed by atoms with E-state index in [-0.39, 0.29) is 6.61 Å². The standard InChI is InChI=1S/C16H14N4O4/c21-15(22)14(12-6-7-20-13(8-12)17-10-18-20)19-16(23)24-9-11-4-2-1-3-5-11/h1-8,10,14H,9H2,(H,19,23)(H,21,22). The van der Waals surface area contributed by atoms with Gasteiger partial charge in [-0.15, -0.1) is 0 Å². The molecule has 3 aromatic rings. The topological polar surface area (TPSA) is 106 Å². The molecule has 0 aliphatic rings. The van der Waals surface area contributed by atoms with Gasteiger partial charge in [-0.25, -0.2) is 19.1 Å². The maximum atomic E-state index is 11.9. The van der Waals surface area contributed by atoms with Crippen molar-refractivity contribution in [3.63, 3.8) is 0 Å². The van der Waals surface area contributed by atoms with Gasteiger partial charge in [-0.3, -0.25) is 0 Å². The Hall–Kier alpha value is -3.42. The zero-order valence-electron chi connectivity index (χ0n) is 12.5. The molecular weight excluding hydrogens is 312 g/mol. The van der Waals surface area contributed by atoms with E-state index in [0.29, 0.717) is 11.2 Å². The number of aromatic nitrogens is 3. The number of amides is 1. The zero-order valence-corrected chi connectivity index (χ0v) is 12.5. The lowest BCUT2D eigenvalue weighted by atomic mass is 10.1. The van der Waals surface area contributed by atoms with E-state index in [1.54, 1.807) is 30.5 Å². The molecule has 24 heavy (non-hydrogen) atoms. The molecule has 0 radical (unpaired) electrons. The first-order chi connectivity index (χ1) is 11.6. The van der Waals surface area contributed by atoms with E-state index in [0.717, 1.165) is 5.56 Å². The molecule has 0 aliphatic heterocycles. The van der Waals surface area contributed by atoms with Gasteiger partial charge in [-0.2, -0.15) is 5.10 Å². The van der Waals surface area contributed by atoms with Crippen molar-refractivity contribution in [1.29, 1.82) is 0 Å². The van der Waals surface area contributed by atoms with Crippen LogP contribution in [-0.4, -0.2) is 31.8 Å². The number of alkyl carbamates (subject to hydrolysis) is 1. The minimum Gasteiger partial charge on any atom is -0.479 e. The van der Waals surface area contributed by atoms with Crippen LogP contribution in [0.5, 0.6) is 0 Å². The van der Waals surface area contributed by atoms with Gasteiger partial charge in [-0.1, -0.05) is 30.3 Å². The third-order valence-corrected chi connectivity index (χ3v) is 3.36. The average molecular weight is 326 g/mol. The maximum Gasteiger partial charge on any atom is 0.408 e. The van der Waals surface area contributed by atoms with Crippen molar-refractivity contribution in [2.24, 2.45) is 0 Å². The fraction of sp³-hybridized carbons (Fsp3) is 0.125. The predicted molar refractivity (Wildman–Crippen MR) is 83.1 cm³/mol. The van der Waals surface area contributed by atoms with Gasteiger partial charge in [0.05, 0.1) is 0 Å². The fourth-order valence-electron chi connectivity index (χ4n) is 2.18. The van der Waals surface area contributed by atoms with Crippen LogP contribution in [0, 0.1) is 0 Å². The number of hydrogen-bond donors (Lipinski definition) is 2. The van der Waals surface area contributed by atoms with Gasteiger partial charge in [-0.05, 0) is 23.3 Å². The molecular formula is C16H14N4O4. The number of carbonyl (C=O) groups is 2. The Morgan fingerprint density at radius 1 is 1.25 bits per heavy atom. The lowest BCUT2D eigenvalue weighted by Crippen LogP contribution is -2.34. The second kappa shape index (κ2) is 6.78. The van der Waals surface area contributed by atoms with Crippen LogP contribution in [0.15, 0.2) is 55.0 Å². The van der Waals surface area contributed by atoms with E-state index in [4.69, 9.17) is 4.74 Å². The van der Waals surface area contributed by atoms with Gasteiger partial charge < -0.3 is 15.2 Å². The van der Waals surface area contributed by atoms with E-state index in [1.807, 2.05) is 18.2 Å². The van der Waals surface area contributed by atoms with Crippen LogP contribution in [0.3, 0.4) is 0 Å². The van der Waals surface area contributed by atoms with Crippen LogP contribution in [0.1, 0.15) is 17.2 Å². The van der Waals surface area contributed by atoms with Crippen molar-refractivity contribution in [2.45, 2.75) is 12.6 Å². The number of benzene rings is 1. The number of carbonyl (C=O) groups excluding carboxylic acids is 1. The Morgan fingerprint density at radius 3 is 2.79 bits per heavy atom. The summed E-state index contributed by atoms with van der Waals surface area (Å²) in [5, 5.41) is 15.6. The summed E-state index contributed by atoms with van der Waals surface area (Å²) >= 11 is 0. The van der Waals surface area contributed by atoms with Crippen LogP contribution in [-0.2, 0) is 16.1 Å². The summed E-state index contributed by atoms with van der Waals surface area (Å²) < 4.78 is 6.55. The van der Waals surface area contributed by atoms with Crippen LogP contribution >= 0.6 is 0 Å². The summed E-state index contributed by atoms with van der Waals surface area (Å²) in [7, 11) is 0. The van der Waals surface area contributed by atoms with Gasteiger partial charge in [0.1, 0.15) is 12.9 Å². The normalized spacial score (nSPS) is 11.8. The first-order valence-corrected chi connectivity index (χ1v) is 7.13. The molecule has 2 aromatic heterocycles. The SMILES string of the molecule is O=C(NC(C(=O)O)c1ccn2ncnc2c1)OCc1ccccc1. The molecule has 1 aromatic carbocycles. The van der Waals surface area contributed by atoms with Gasteiger partial charge >= 0.3 is 12.1 Å². The molecule has 1 amide bonds. The van der Waals surface area contributed by atoms with Crippen molar-refractivity contribution in [3.8, 4) is 0 Å². The lowest BCUT2D eigenvalue weighted by Gasteiger charge is -2.15. The molecule has 0 saturated carbocycles. The van der Waals surface area contributed by atoms with E-state index >= 15 is 0 Å². The molecule has 0 saturated heterocycles. The Labute approximate surface area is 136 Å². The molecule has 8 nitrogen and oxygen atoms in total. The number of rotatable bonds is 5. The summed E-state index contributed by atoms with van der Waals surface area (Å²) in [6.07, 6.45) is 2.12. The summed E-state index contributed by atoms with van der Waals surface area (Å²) in [5.74, 6) is -1.20. The van der Waals surface area contributed by atoms with E-state index in [1.165, 1.54) is 10.8 Å². The van der Waals surface area contributed by atoms with E-state index < -0.39 is 18.1 Å². The highest BCUT2D eigenvalue weighted by Gasteiger charge is 2.23. The number of carboxylic acids is 1. The predicted octanol–water partition coefficient (Wildman–Crippen LogP) is 1.78. The van der Waals surface area contributed by atoms with Crippen LogP contribution in [0.4, 0.5) is 4.79 Å². The van der Waals surface area contributed by atoms with Crippen molar-refractivity contribution in [1.82, 2.24) is 19.9 Å². The number of pyridine rings is 1. The highest BCUT2D eigenvalue weighted by Crippen LogP contribution is 2.15. The molecule has 0 aliphatic carbocycles. The van der Waals surface area contributed by atoms with Crippen LogP contribution in [0.25, 0.3) is 5.65 Å². The largest absolute Gasteiger partial charge is 0.479 e. The molecule has 2 N–H and O–H groups in total. The van der Waals surface area contributed by atoms with Crippen molar-refractivity contribution < 1.29 is 19.4 Å².